The lowest BCUT2D eigenvalue weighted by Gasteiger charge is -2.06. The molecule has 1 N–H and O–H groups in total. The number of hydrogen-bond acceptors (Lipinski definition) is 7. The summed E-state index contributed by atoms with van der Waals surface area (Å²) in [5.41, 5.74) is -0.240. The van der Waals surface area contributed by atoms with Crippen LogP contribution in [0, 0.1) is 0 Å². The Bertz CT molecular complexity index is 439. The minimum Gasteiger partial charge on any atom is -0.462 e. The number of ether oxygens (including phenoxy) is 2. The smallest absolute Gasteiger partial charge is 0.347 e. The SMILES string of the molecule is CCOC(=O)C(=CNc1ncccn1)C(=O)OCC. The molecule has 0 aliphatic rings. The maximum absolute atomic E-state index is 11.6. The Labute approximate surface area is 110 Å². The zero-order valence-electron chi connectivity index (χ0n) is 10.8. The lowest BCUT2D eigenvalue weighted by atomic mass is 10.3. The fourth-order valence-corrected chi connectivity index (χ4v) is 1.13. The van der Waals surface area contributed by atoms with Crippen molar-refractivity contribution in [1.82, 2.24) is 9.97 Å². The van der Waals surface area contributed by atoms with Crippen molar-refractivity contribution in [3.63, 3.8) is 0 Å². The van der Waals surface area contributed by atoms with Crippen molar-refractivity contribution >= 4 is 17.9 Å². The van der Waals surface area contributed by atoms with Gasteiger partial charge < -0.3 is 14.8 Å². The summed E-state index contributed by atoms with van der Waals surface area (Å²) in [7, 11) is 0. The fourth-order valence-electron chi connectivity index (χ4n) is 1.13. The van der Waals surface area contributed by atoms with Crippen molar-refractivity contribution < 1.29 is 19.1 Å². The molecule has 1 heterocycles. The third kappa shape index (κ3) is 4.74. The molecule has 0 fully saturated rings. The molecule has 7 nitrogen and oxygen atoms in total. The highest BCUT2D eigenvalue weighted by molar-refractivity contribution is 6.14. The van der Waals surface area contributed by atoms with Gasteiger partial charge in [-0.2, -0.15) is 0 Å². The molecule has 0 aliphatic carbocycles. The molecule has 0 bridgehead atoms. The summed E-state index contributed by atoms with van der Waals surface area (Å²) in [4.78, 5) is 31.0. The first-order valence-corrected chi connectivity index (χ1v) is 5.77. The lowest BCUT2D eigenvalue weighted by molar-refractivity contribution is -0.146. The van der Waals surface area contributed by atoms with Gasteiger partial charge in [0, 0.05) is 18.6 Å². The van der Waals surface area contributed by atoms with Gasteiger partial charge in [-0.3, -0.25) is 0 Å². The molecule has 0 saturated carbocycles. The maximum Gasteiger partial charge on any atom is 0.347 e. The zero-order chi connectivity index (χ0) is 14.1. The normalized spacial score (nSPS) is 9.37. The monoisotopic (exact) mass is 265 g/mol. The number of rotatable bonds is 6. The van der Waals surface area contributed by atoms with E-state index in [0.717, 1.165) is 0 Å². The van der Waals surface area contributed by atoms with Gasteiger partial charge in [0.05, 0.1) is 13.2 Å². The zero-order valence-corrected chi connectivity index (χ0v) is 10.8. The van der Waals surface area contributed by atoms with Crippen LogP contribution in [0.15, 0.2) is 30.2 Å². The average Bonchev–Trinajstić information content (AvgIpc) is 2.41. The number of anilines is 1. The highest BCUT2D eigenvalue weighted by Gasteiger charge is 2.20. The lowest BCUT2D eigenvalue weighted by Crippen LogP contribution is -2.19. The number of aromatic nitrogens is 2. The molecule has 0 radical (unpaired) electrons. The molecule has 1 aromatic rings. The summed E-state index contributed by atoms with van der Waals surface area (Å²) < 4.78 is 9.54. The molecule has 0 atom stereocenters. The maximum atomic E-state index is 11.6. The van der Waals surface area contributed by atoms with E-state index < -0.39 is 11.9 Å². The summed E-state index contributed by atoms with van der Waals surface area (Å²) in [6, 6.07) is 1.65. The molecule has 0 unspecified atom stereocenters. The van der Waals surface area contributed by atoms with Crippen molar-refractivity contribution in [3.8, 4) is 0 Å². The Morgan fingerprint density at radius 3 is 2.16 bits per heavy atom. The highest BCUT2D eigenvalue weighted by Crippen LogP contribution is 2.04. The molecular formula is C12H15N3O4. The minimum atomic E-state index is -0.760. The fraction of sp³-hybridized carbons (Fsp3) is 0.333. The van der Waals surface area contributed by atoms with Crippen LogP contribution in [-0.4, -0.2) is 35.1 Å². The first-order chi connectivity index (χ1) is 9.19. The third-order valence-electron chi connectivity index (χ3n) is 1.90. The minimum absolute atomic E-state index is 0.164. The van der Waals surface area contributed by atoms with E-state index in [4.69, 9.17) is 9.47 Å². The standard InChI is InChI=1S/C12H15N3O4/c1-3-18-10(16)9(11(17)19-4-2)8-15-12-13-6-5-7-14-12/h5-8H,3-4H2,1-2H3,(H,13,14,15). The van der Waals surface area contributed by atoms with E-state index in [1.165, 1.54) is 18.6 Å². The van der Waals surface area contributed by atoms with Crippen molar-refractivity contribution in [2.45, 2.75) is 13.8 Å². The van der Waals surface area contributed by atoms with E-state index in [1.54, 1.807) is 19.9 Å². The summed E-state index contributed by atoms with van der Waals surface area (Å²) in [6.45, 7) is 3.62. The molecule has 0 amide bonds. The summed E-state index contributed by atoms with van der Waals surface area (Å²) in [6.07, 6.45) is 4.22. The van der Waals surface area contributed by atoms with Crippen molar-refractivity contribution in [3.05, 3.63) is 30.2 Å². The second-order valence-electron chi connectivity index (χ2n) is 3.22. The highest BCUT2D eigenvalue weighted by atomic mass is 16.6. The quantitative estimate of drug-likeness (QED) is 0.353. The van der Waals surface area contributed by atoms with Crippen molar-refractivity contribution in [2.75, 3.05) is 18.5 Å². The predicted molar refractivity (Wildman–Crippen MR) is 67.0 cm³/mol. The topological polar surface area (TPSA) is 90.4 Å². The molecule has 0 saturated heterocycles. The first kappa shape index (κ1) is 14.6. The van der Waals surface area contributed by atoms with Crippen LogP contribution in [-0.2, 0) is 19.1 Å². The second kappa shape index (κ2) is 7.80. The summed E-state index contributed by atoms with van der Waals surface area (Å²) >= 11 is 0. The molecule has 19 heavy (non-hydrogen) atoms. The Hall–Kier alpha value is -2.44. The van der Waals surface area contributed by atoms with Crippen LogP contribution in [0.1, 0.15) is 13.8 Å². The van der Waals surface area contributed by atoms with Crippen LogP contribution in [0.4, 0.5) is 5.95 Å². The summed E-state index contributed by atoms with van der Waals surface area (Å²) in [5.74, 6) is -1.26. The van der Waals surface area contributed by atoms with Gasteiger partial charge in [-0.15, -0.1) is 0 Å². The van der Waals surface area contributed by atoms with E-state index in [9.17, 15) is 9.59 Å². The molecule has 0 aromatic carbocycles. The van der Waals surface area contributed by atoms with Crippen molar-refractivity contribution in [2.24, 2.45) is 0 Å². The number of carbonyl (C=O) groups excluding carboxylic acids is 2. The predicted octanol–water partition coefficient (Wildman–Crippen LogP) is 0.899. The molecule has 7 heteroatoms. The van der Waals surface area contributed by atoms with Crippen LogP contribution in [0.3, 0.4) is 0 Å². The van der Waals surface area contributed by atoms with Gasteiger partial charge in [-0.05, 0) is 19.9 Å². The van der Waals surface area contributed by atoms with Gasteiger partial charge in [0.1, 0.15) is 0 Å². The van der Waals surface area contributed by atoms with E-state index in [1.807, 2.05) is 0 Å². The molecule has 0 aliphatic heterocycles. The molecule has 102 valence electrons. The van der Waals surface area contributed by atoms with Crippen LogP contribution in [0.2, 0.25) is 0 Å². The molecule has 1 aromatic heterocycles. The van der Waals surface area contributed by atoms with E-state index in [-0.39, 0.29) is 24.7 Å². The van der Waals surface area contributed by atoms with Crippen LogP contribution < -0.4 is 5.32 Å². The largest absolute Gasteiger partial charge is 0.462 e. The van der Waals surface area contributed by atoms with Crippen LogP contribution >= 0.6 is 0 Å². The number of nitrogens with zero attached hydrogens (tertiary/aromatic N) is 2. The Morgan fingerprint density at radius 1 is 1.16 bits per heavy atom. The van der Waals surface area contributed by atoms with Gasteiger partial charge in [-0.25, -0.2) is 19.6 Å². The number of esters is 2. The Morgan fingerprint density at radius 2 is 1.68 bits per heavy atom. The van der Waals surface area contributed by atoms with Gasteiger partial charge in [0.15, 0.2) is 5.57 Å². The second-order valence-corrected chi connectivity index (χ2v) is 3.22. The van der Waals surface area contributed by atoms with E-state index >= 15 is 0 Å². The van der Waals surface area contributed by atoms with E-state index in [2.05, 4.69) is 15.3 Å². The third-order valence-corrected chi connectivity index (χ3v) is 1.90. The summed E-state index contributed by atoms with van der Waals surface area (Å²) in [5, 5.41) is 2.64. The van der Waals surface area contributed by atoms with Crippen molar-refractivity contribution in [1.29, 1.82) is 0 Å². The molecule has 0 spiro atoms. The number of hydrogen-bond donors (Lipinski definition) is 1. The van der Waals surface area contributed by atoms with Gasteiger partial charge in [0.25, 0.3) is 0 Å². The van der Waals surface area contributed by atoms with Gasteiger partial charge in [-0.1, -0.05) is 0 Å². The molecular weight excluding hydrogens is 250 g/mol. The van der Waals surface area contributed by atoms with E-state index in [0.29, 0.717) is 0 Å². The average molecular weight is 265 g/mol. The Kier molecular flexibility index (Phi) is 6.00. The van der Waals surface area contributed by atoms with Gasteiger partial charge >= 0.3 is 11.9 Å². The van der Waals surface area contributed by atoms with Crippen LogP contribution in [0.5, 0.6) is 0 Å². The van der Waals surface area contributed by atoms with Crippen LogP contribution in [0.25, 0.3) is 0 Å². The number of carbonyl (C=O) groups is 2. The first-order valence-electron chi connectivity index (χ1n) is 5.77. The Balaban J connectivity index is 2.83. The van der Waals surface area contributed by atoms with Gasteiger partial charge in [0.2, 0.25) is 5.95 Å². The number of nitrogens with one attached hydrogen (secondary N) is 1. The molecule has 1 rings (SSSR count).